The number of carbonyl (C=O) groups is 1. The Bertz CT molecular complexity index is 526. The number of ether oxygens (including phenoxy) is 2. The third-order valence-electron chi connectivity index (χ3n) is 3.73. The molecule has 19 heavy (non-hydrogen) atoms. The fourth-order valence-corrected chi connectivity index (χ4v) is 2.47. The minimum atomic E-state index is -0.0655. The van der Waals surface area contributed by atoms with E-state index in [1.807, 2.05) is 0 Å². The maximum atomic E-state index is 11.9. The first-order valence-corrected chi connectivity index (χ1v) is 6.84. The van der Waals surface area contributed by atoms with Gasteiger partial charge in [0, 0.05) is 23.5 Å². The summed E-state index contributed by atoms with van der Waals surface area (Å²) in [5.74, 6) is 1.16. The van der Waals surface area contributed by atoms with E-state index in [2.05, 4.69) is 0 Å². The second-order valence-corrected chi connectivity index (χ2v) is 5.73. The van der Waals surface area contributed by atoms with Crippen LogP contribution in [-0.4, -0.2) is 25.5 Å². The first-order chi connectivity index (χ1) is 9.13. The Kier molecular flexibility index (Phi) is 3.15. The van der Waals surface area contributed by atoms with Crippen molar-refractivity contribution in [3.63, 3.8) is 0 Å². The Hall–Kier alpha value is -1.26. The van der Waals surface area contributed by atoms with Gasteiger partial charge in [-0.15, -0.1) is 0 Å². The number of ketones is 1. The Morgan fingerprint density at radius 2 is 1.89 bits per heavy atom. The number of Topliss-reactive ketones (excluding diaryl/α,β-unsaturated/α-hetero) is 1. The smallest absolute Gasteiger partial charge is 0.165 e. The zero-order chi connectivity index (χ0) is 13.5. The Balaban J connectivity index is 1.90. The summed E-state index contributed by atoms with van der Waals surface area (Å²) in [5.41, 5.74) is 6.04. The van der Waals surface area contributed by atoms with Gasteiger partial charge in [-0.3, -0.25) is 4.79 Å². The van der Waals surface area contributed by atoms with Crippen LogP contribution in [0.3, 0.4) is 0 Å². The van der Waals surface area contributed by atoms with Gasteiger partial charge in [0.25, 0.3) is 0 Å². The molecule has 2 N–H and O–H groups in total. The Labute approximate surface area is 116 Å². The van der Waals surface area contributed by atoms with Gasteiger partial charge in [-0.25, -0.2) is 0 Å². The van der Waals surface area contributed by atoms with Gasteiger partial charge in [0.2, 0.25) is 0 Å². The molecule has 0 atom stereocenters. The summed E-state index contributed by atoms with van der Waals surface area (Å²) in [4.78, 5) is 11.9. The third-order valence-corrected chi connectivity index (χ3v) is 4.04. The molecule has 1 saturated carbocycles. The highest BCUT2D eigenvalue weighted by atomic mass is 35.5. The van der Waals surface area contributed by atoms with Crippen molar-refractivity contribution in [1.29, 1.82) is 0 Å². The number of carbonyl (C=O) groups excluding carboxylic acids is 1. The second kappa shape index (κ2) is 4.69. The summed E-state index contributed by atoms with van der Waals surface area (Å²) in [6.45, 7) is 1.62. The molecule has 4 nitrogen and oxygen atoms in total. The van der Waals surface area contributed by atoms with Crippen molar-refractivity contribution in [3.8, 4) is 11.5 Å². The van der Waals surface area contributed by atoms with E-state index in [0.717, 1.165) is 12.8 Å². The van der Waals surface area contributed by atoms with Gasteiger partial charge in [-0.2, -0.15) is 0 Å². The maximum Gasteiger partial charge on any atom is 0.165 e. The van der Waals surface area contributed by atoms with Crippen molar-refractivity contribution < 1.29 is 14.3 Å². The number of nitrogens with two attached hydrogens (primary N) is 1. The highest BCUT2D eigenvalue weighted by molar-refractivity contribution is 6.34. The average molecular weight is 282 g/mol. The van der Waals surface area contributed by atoms with Gasteiger partial charge in [0.1, 0.15) is 0 Å². The van der Waals surface area contributed by atoms with Gasteiger partial charge < -0.3 is 15.2 Å². The average Bonchev–Trinajstić information content (AvgIpc) is 3.18. The molecular weight excluding hydrogens is 266 g/mol. The number of fused-ring (bicyclic) bond motifs is 1. The molecule has 1 aliphatic carbocycles. The molecule has 102 valence electrons. The first kappa shape index (κ1) is 12.8. The maximum absolute atomic E-state index is 11.9. The van der Waals surface area contributed by atoms with Gasteiger partial charge in [0.15, 0.2) is 17.3 Å². The summed E-state index contributed by atoms with van der Waals surface area (Å²) >= 11 is 6.13. The van der Waals surface area contributed by atoms with Crippen LogP contribution in [0.4, 0.5) is 0 Å². The highest BCUT2D eigenvalue weighted by Crippen LogP contribution is 2.49. The van der Waals surface area contributed by atoms with Crippen LogP contribution in [0.25, 0.3) is 0 Å². The molecule has 0 saturated heterocycles. The Morgan fingerprint density at radius 3 is 2.47 bits per heavy atom. The van der Waals surface area contributed by atoms with Crippen LogP contribution in [0.1, 0.15) is 29.6 Å². The van der Waals surface area contributed by atoms with E-state index < -0.39 is 0 Å². The lowest BCUT2D eigenvalue weighted by atomic mass is 10.1. The minimum Gasteiger partial charge on any atom is -0.489 e. The van der Waals surface area contributed by atoms with Crippen LogP contribution < -0.4 is 15.2 Å². The van der Waals surface area contributed by atoms with Crippen molar-refractivity contribution in [2.75, 3.05) is 19.8 Å². The largest absolute Gasteiger partial charge is 0.489 e. The minimum absolute atomic E-state index is 0.0655. The molecule has 2 aliphatic rings. The van der Waals surface area contributed by atoms with E-state index in [-0.39, 0.29) is 17.6 Å². The summed E-state index contributed by atoms with van der Waals surface area (Å²) < 4.78 is 11.5. The van der Waals surface area contributed by atoms with E-state index in [1.165, 1.54) is 0 Å². The lowest BCUT2D eigenvalue weighted by molar-refractivity contribution is 0.0985. The van der Waals surface area contributed by atoms with Crippen molar-refractivity contribution in [1.82, 2.24) is 0 Å². The van der Waals surface area contributed by atoms with E-state index >= 15 is 0 Å². The SMILES string of the molecule is NCCC(=O)c1cc2c(cc1Cl)OCC1(CC1)CO2. The molecular formula is C14H16ClNO3. The molecule has 0 aromatic heterocycles. The fourth-order valence-electron chi connectivity index (χ4n) is 2.21. The molecule has 0 unspecified atom stereocenters. The normalized spacial score (nSPS) is 19.1. The monoisotopic (exact) mass is 281 g/mol. The third kappa shape index (κ3) is 2.42. The molecule has 1 spiro atoms. The van der Waals surface area contributed by atoms with Crippen molar-refractivity contribution >= 4 is 17.4 Å². The van der Waals surface area contributed by atoms with Crippen molar-refractivity contribution in [2.45, 2.75) is 19.3 Å². The lowest BCUT2D eigenvalue weighted by Crippen LogP contribution is -2.17. The van der Waals surface area contributed by atoms with E-state index in [1.54, 1.807) is 12.1 Å². The van der Waals surface area contributed by atoms with Crippen LogP contribution in [0.2, 0.25) is 5.02 Å². The quantitative estimate of drug-likeness (QED) is 0.865. The molecule has 5 heteroatoms. The van der Waals surface area contributed by atoms with E-state index in [9.17, 15) is 4.79 Å². The first-order valence-electron chi connectivity index (χ1n) is 6.46. The summed E-state index contributed by atoms with van der Waals surface area (Å²) in [6.07, 6.45) is 2.55. The standard InChI is InChI=1S/C14H16ClNO3/c15-10-6-13-12(5-9(10)11(17)1-4-16)18-7-14(2-3-14)8-19-13/h5-6H,1-4,7-8,16H2. The van der Waals surface area contributed by atoms with Gasteiger partial charge in [-0.05, 0) is 25.5 Å². The molecule has 1 heterocycles. The fraction of sp³-hybridized carbons (Fsp3) is 0.500. The molecule has 0 radical (unpaired) electrons. The summed E-state index contributed by atoms with van der Waals surface area (Å²) in [7, 11) is 0. The highest BCUT2D eigenvalue weighted by Gasteiger charge is 2.46. The van der Waals surface area contributed by atoms with Crippen molar-refractivity contribution in [3.05, 3.63) is 22.7 Å². The predicted molar refractivity (Wildman–Crippen MR) is 72.1 cm³/mol. The molecule has 0 bridgehead atoms. The number of benzene rings is 1. The zero-order valence-corrected chi connectivity index (χ0v) is 11.3. The van der Waals surface area contributed by atoms with Crippen LogP contribution >= 0.6 is 11.6 Å². The van der Waals surface area contributed by atoms with Gasteiger partial charge in [-0.1, -0.05) is 11.6 Å². The van der Waals surface area contributed by atoms with E-state index in [4.69, 9.17) is 26.8 Å². The number of hydrogen-bond donors (Lipinski definition) is 1. The molecule has 1 aromatic rings. The molecule has 3 rings (SSSR count). The van der Waals surface area contributed by atoms with Gasteiger partial charge in [0.05, 0.1) is 18.2 Å². The second-order valence-electron chi connectivity index (χ2n) is 5.32. The lowest BCUT2D eigenvalue weighted by Gasteiger charge is -2.10. The molecule has 0 amide bonds. The van der Waals surface area contributed by atoms with Gasteiger partial charge >= 0.3 is 0 Å². The van der Waals surface area contributed by atoms with Crippen LogP contribution in [0.15, 0.2) is 12.1 Å². The van der Waals surface area contributed by atoms with E-state index in [0.29, 0.717) is 41.8 Å². The zero-order valence-electron chi connectivity index (χ0n) is 10.6. The molecule has 1 aliphatic heterocycles. The summed E-state index contributed by atoms with van der Waals surface area (Å²) in [6, 6.07) is 3.35. The summed E-state index contributed by atoms with van der Waals surface area (Å²) in [5, 5.41) is 0.396. The topological polar surface area (TPSA) is 61.6 Å². The number of halogens is 1. The van der Waals surface area contributed by atoms with Crippen LogP contribution in [0.5, 0.6) is 11.5 Å². The molecule has 1 aromatic carbocycles. The van der Waals surface area contributed by atoms with Crippen molar-refractivity contribution in [2.24, 2.45) is 11.1 Å². The Morgan fingerprint density at radius 1 is 1.26 bits per heavy atom. The van der Waals surface area contributed by atoms with Crippen LogP contribution in [0, 0.1) is 5.41 Å². The number of hydrogen-bond acceptors (Lipinski definition) is 4. The number of rotatable bonds is 3. The molecule has 1 fully saturated rings. The van der Waals surface area contributed by atoms with Crippen LogP contribution in [-0.2, 0) is 0 Å². The predicted octanol–water partition coefficient (Wildman–Crippen LogP) is 2.42.